The van der Waals surface area contributed by atoms with E-state index in [1.54, 1.807) is 50.8 Å². The predicted molar refractivity (Wildman–Crippen MR) is 83.9 cm³/mol. The highest BCUT2D eigenvalue weighted by Crippen LogP contribution is 2.22. The number of methoxy groups -OCH3 is 2. The van der Waals surface area contributed by atoms with Gasteiger partial charge in [-0.1, -0.05) is 6.07 Å². The summed E-state index contributed by atoms with van der Waals surface area (Å²) >= 11 is 0. The zero-order chi connectivity index (χ0) is 15.9. The summed E-state index contributed by atoms with van der Waals surface area (Å²) in [6, 6.07) is 11.4. The average Bonchev–Trinajstić information content (AvgIpc) is 2.55. The third-order valence-electron chi connectivity index (χ3n) is 2.89. The maximum Gasteiger partial charge on any atom is 0.271 e. The van der Waals surface area contributed by atoms with E-state index in [-0.39, 0.29) is 5.69 Å². The van der Waals surface area contributed by atoms with Crippen LogP contribution in [0.25, 0.3) is 0 Å². The normalized spacial score (nSPS) is 10.5. The van der Waals surface area contributed by atoms with E-state index in [1.165, 1.54) is 12.1 Å². The van der Waals surface area contributed by atoms with Gasteiger partial charge in [0.25, 0.3) is 5.69 Å². The molecule has 0 heterocycles. The largest absolute Gasteiger partial charge is 0.497 e. The number of benzene rings is 2. The molecule has 0 saturated heterocycles. The Bertz CT molecular complexity index is 701. The molecule has 0 fully saturated rings. The zero-order valence-corrected chi connectivity index (χ0v) is 12.1. The molecule has 1 N–H and O–H groups in total. The van der Waals surface area contributed by atoms with Gasteiger partial charge in [0.2, 0.25) is 0 Å². The van der Waals surface area contributed by atoms with Gasteiger partial charge in [0, 0.05) is 17.7 Å². The number of nitro groups is 1. The Balaban J connectivity index is 2.15. The zero-order valence-electron chi connectivity index (χ0n) is 12.1. The molecule has 0 aliphatic carbocycles. The molecule has 2 rings (SSSR count). The van der Waals surface area contributed by atoms with Crippen molar-refractivity contribution in [1.29, 1.82) is 0 Å². The van der Waals surface area contributed by atoms with Gasteiger partial charge in [-0.3, -0.25) is 15.5 Å². The van der Waals surface area contributed by atoms with Crippen molar-refractivity contribution in [2.75, 3.05) is 19.6 Å². The van der Waals surface area contributed by atoms with E-state index in [9.17, 15) is 10.1 Å². The first-order chi connectivity index (χ1) is 10.6. The van der Waals surface area contributed by atoms with Crippen molar-refractivity contribution in [1.82, 2.24) is 0 Å². The molecule has 0 aliphatic rings. The summed E-state index contributed by atoms with van der Waals surface area (Å²) in [4.78, 5) is 10.3. The Labute approximate surface area is 127 Å². The molecule has 0 aromatic heterocycles. The first-order valence-corrected chi connectivity index (χ1v) is 6.39. The number of nitrogens with zero attached hydrogens (tertiary/aromatic N) is 2. The second-order valence-electron chi connectivity index (χ2n) is 4.29. The molecule has 0 bridgehead atoms. The van der Waals surface area contributed by atoms with Crippen molar-refractivity contribution < 1.29 is 14.4 Å². The molecule has 7 nitrogen and oxygen atoms in total. The van der Waals surface area contributed by atoms with Crippen LogP contribution in [0.1, 0.15) is 5.56 Å². The number of nitro benzene ring substituents is 1. The molecule has 0 aliphatic heterocycles. The number of nitrogens with one attached hydrogen (secondary N) is 1. The van der Waals surface area contributed by atoms with Crippen LogP contribution in [-0.4, -0.2) is 25.4 Å². The molecule has 0 amide bonds. The molecule has 2 aromatic carbocycles. The van der Waals surface area contributed by atoms with Gasteiger partial charge in [0.15, 0.2) is 0 Å². The third-order valence-corrected chi connectivity index (χ3v) is 2.89. The minimum Gasteiger partial charge on any atom is -0.497 e. The number of non-ortho nitro benzene ring substituents is 1. The summed E-state index contributed by atoms with van der Waals surface area (Å²) in [7, 11) is 3.14. The van der Waals surface area contributed by atoms with Crippen LogP contribution in [0, 0.1) is 10.1 Å². The average molecular weight is 301 g/mol. The first kappa shape index (κ1) is 15.3. The lowest BCUT2D eigenvalue weighted by Crippen LogP contribution is -1.96. The lowest BCUT2D eigenvalue weighted by Gasteiger charge is -2.07. The fourth-order valence-electron chi connectivity index (χ4n) is 1.81. The SMILES string of the molecule is COc1ccc(OC)c(C=NNc2cccc([N+](=O)[O-])c2)c1. The maximum atomic E-state index is 10.7. The highest BCUT2D eigenvalue weighted by molar-refractivity contribution is 5.84. The predicted octanol–water partition coefficient (Wildman–Crippen LogP) is 3.06. The number of hydrogen-bond donors (Lipinski definition) is 1. The molecule has 2 aromatic rings. The molecular formula is C15H15N3O4. The van der Waals surface area contributed by atoms with Crippen molar-refractivity contribution in [3.63, 3.8) is 0 Å². The Hall–Kier alpha value is -3.09. The van der Waals surface area contributed by atoms with Crippen LogP contribution in [0.4, 0.5) is 11.4 Å². The van der Waals surface area contributed by atoms with E-state index in [0.29, 0.717) is 17.2 Å². The van der Waals surface area contributed by atoms with E-state index < -0.39 is 4.92 Å². The van der Waals surface area contributed by atoms with Crippen LogP contribution in [-0.2, 0) is 0 Å². The van der Waals surface area contributed by atoms with Gasteiger partial charge in [-0.15, -0.1) is 0 Å². The minimum absolute atomic E-state index is 0.000777. The van der Waals surface area contributed by atoms with Crippen molar-refractivity contribution >= 4 is 17.6 Å². The van der Waals surface area contributed by atoms with E-state index in [1.807, 2.05) is 0 Å². The quantitative estimate of drug-likeness (QED) is 0.503. The Morgan fingerprint density at radius 2 is 2.00 bits per heavy atom. The summed E-state index contributed by atoms with van der Waals surface area (Å²) in [5.41, 5.74) is 3.99. The van der Waals surface area contributed by atoms with Gasteiger partial charge in [0.1, 0.15) is 11.5 Å². The van der Waals surface area contributed by atoms with Gasteiger partial charge in [-0.25, -0.2) is 0 Å². The van der Waals surface area contributed by atoms with Crippen molar-refractivity contribution in [3.8, 4) is 11.5 Å². The highest BCUT2D eigenvalue weighted by atomic mass is 16.6. The number of hydrazone groups is 1. The first-order valence-electron chi connectivity index (χ1n) is 6.39. The smallest absolute Gasteiger partial charge is 0.271 e. The van der Waals surface area contributed by atoms with Crippen molar-refractivity contribution in [3.05, 3.63) is 58.1 Å². The van der Waals surface area contributed by atoms with E-state index >= 15 is 0 Å². The maximum absolute atomic E-state index is 10.7. The third kappa shape index (κ3) is 3.72. The van der Waals surface area contributed by atoms with Gasteiger partial charge in [-0.2, -0.15) is 5.10 Å². The molecule has 0 radical (unpaired) electrons. The van der Waals surface area contributed by atoms with E-state index in [2.05, 4.69) is 10.5 Å². The fourth-order valence-corrected chi connectivity index (χ4v) is 1.81. The van der Waals surface area contributed by atoms with E-state index in [0.717, 1.165) is 5.56 Å². The standard InChI is InChI=1S/C15H15N3O4/c1-21-14-6-7-15(22-2)11(8-14)10-16-17-12-4-3-5-13(9-12)18(19)20/h3-10,17H,1-2H3. The summed E-state index contributed by atoms with van der Waals surface area (Å²) in [5.74, 6) is 1.32. The number of rotatable bonds is 6. The Morgan fingerprint density at radius 3 is 2.68 bits per heavy atom. The molecule has 0 saturated carbocycles. The van der Waals surface area contributed by atoms with Crippen molar-refractivity contribution in [2.24, 2.45) is 5.10 Å². The van der Waals surface area contributed by atoms with E-state index in [4.69, 9.17) is 9.47 Å². The van der Waals surface area contributed by atoms with Crippen LogP contribution < -0.4 is 14.9 Å². The summed E-state index contributed by atoms with van der Waals surface area (Å²) in [5, 5.41) is 14.8. The lowest BCUT2D eigenvalue weighted by atomic mass is 10.2. The molecule has 0 spiro atoms. The van der Waals surface area contributed by atoms with Crippen LogP contribution in [0.2, 0.25) is 0 Å². The molecule has 114 valence electrons. The molecular weight excluding hydrogens is 286 g/mol. The molecule has 7 heteroatoms. The summed E-state index contributed by atoms with van der Waals surface area (Å²) in [6.45, 7) is 0. The lowest BCUT2D eigenvalue weighted by molar-refractivity contribution is -0.384. The number of ether oxygens (including phenoxy) is 2. The highest BCUT2D eigenvalue weighted by Gasteiger charge is 2.05. The second kappa shape index (κ2) is 7.07. The summed E-state index contributed by atoms with van der Waals surface area (Å²) < 4.78 is 10.4. The monoisotopic (exact) mass is 301 g/mol. The van der Waals surface area contributed by atoms with Crippen LogP contribution in [0.3, 0.4) is 0 Å². The van der Waals surface area contributed by atoms with Crippen LogP contribution in [0.15, 0.2) is 47.6 Å². The fraction of sp³-hybridized carbons (Fsp3) is 0.133. The Morgan fingerprint density at radius 1 is 1.18 bits per heavy atom. The topological polar surface area (TPSA) is 86.0 Å². The minimum atomic E-state index is -0.458. The number of anilines is 1. The van der Waals surface area contributed by atoms with Gasteiger partial charge < -0.3 is 9.47 Å². The van der Waals surface area contributed by atoms with Gasteiger partial charge in [-0.05, 0) is 24.3 Å². The molecule has 0 unspecified atom stereocenters. The second-order valence-corrected chi connectivity index (χ2v) is 4.29. The summed E-state index contributed by atoms with van der Waals surface area (Å²) in [6.07, 6.45) is 1.56. The molecule has 0 atom stereocenters. The van der Waals surface area contributed by atoms with Crippen LogP contribution >= 0.6 is 0 Å². The van der Waals surface area contributed by atoms with Gasteiger partial charge in [0.05, 0.1) is 31.0 Å². The van der Waals surface area contributed by atoms with Gasteiger partial charge >= 0.3 is 0 Å². The molecule has 22 heavy (non-hydrogen) atoms. The number of hydrogen-bond acceptors (Lipinski definition) is 6. The Kier molecular flexibility index (Phi) is 4.92. The van der Waals surface area contributed by atoms with Crippen molar-refractivity contribution in [2.45, 2.75) is 0 Å². The van der Waals surface area contributed by atoms with Crippen LogP contribution in [0.5, 0.6) is 11.5 Å².